The van der Waals surface area contributed by atoms with E-state index in [1.54, 1.807) is 0 Å². The van der Waals surface area contributed by atoms with Crippen LogP contribution in [0.5, 0.6) is 0 Å². The van der Waals surface area contributed by atoms with Crippen molar-refractivity contribution in [2.75, 3.05) is 13.6 Å². The number of aryl methyl sites for hydroxylation is 1. The smallest absolute Gasteiger partial charge is 0.159 e. The lowest BCUT2D eigenvalue weighted by atomic mass is 10.0. The minimum absolute atomic E-state index is 0. The molecule has 1 aromatic heterocycles. The molecule has 0 bridgehead atoms. The van der Waals surface area contributed by atoms with Crippen molar-refractivity contribution in [1.29, 1.82) is 0 Å². The number of likely N-dealkylation sites (N-methyl/N-ethyl adjacent to an activating group) is 1. The van der Waals surface area contributed by atoms with Gasteiger partial charge in [0, 0.05) is 37.2 Å². The summed E-state index contributed by atoms with van der Waals surface area (Å²) >= 11 is 0. The van der Waals surface area contributed by atoms with E-state index in [-0.39, 0.29) is 24.8 Å². The van der Waals surface area contributed by atoms with Crippen LogP contribution in [-0.2, 0) is 19.5 Å². The molecule has 0 radical (unpaired) electrons. The Balaban J connectivity index is 0.00000121. The minimum atomic E-state index is 0. The fourth-order valence-electron chi connectivity index (χ4n) is 2.73. The minimum Gasteiger partial charge on any atom is -0.325 e. The van der Waals surface area contributed by atoms with E-state index in [1.165, 1.54) is 11.1 Å². The van der Waals surface area contributed by atoms with Crippen molar-refractivity contribution >= 4 is 24.8 Å². The highest BCUT2D eigenvalue weighted by molar-refractivity contribution is 5.85. The number of aromatic nitrogens is 2. The summed E-state index contributed by atoms with van der Waals surface area (Å²) < 4.78 is 0. The van der Waals surface area contributed by atoms with Crippen LogP contribution in [0.1, 0.15) is 22.5 Å². The Morgan fingerprint density at radius 1 is 1.18 bits per heavy atom. The first kappa shape index (κ1) is 18.8. The first-order valence-corrected chi connectivity index (χ1v) is 7.02. The second kappa shape index (κ2) is 7.88. The number of hydrogen-bond acceptors (Lipinski definition) is 4. The average Bonchev–Trinajstić information content (AvgIpc) is 2.46. The van der Waals surface area contributed by atoms with E-state index in [4.69, 9.17) is 15.7 Å². The highest BCUT2D eigenvalue weighted by atomic mass is 35.5. The van der Waals surface area contributed by atoms with Gasteiger partial charge in [-0.2, -0.15) is 0 Å². The predicted molar refractivity (Wildman–Crippen MR) is 94.6 cm³/mol. The molecule has 1 aromatic carbocycles. The molecule has 120 valence electrons. The van der Waals surface area contributed by atoms with Gasteiger partial charge in [-0.25, -0.2) is 9.97 Å². The van der Waals surface area contributed by atoms with E-state index in [9.17, 15) is 0 Å². The summed E-state index contributed by atoms with van der Waals surface area (Å²) in [6.45, 7) is 4.50. The molecule has 0 unspecified atom stereocenters. The molecule has 0 aliphatic carbocycles. The number of nitrogens with zero attached hydrogens (tertiary/aromatic N) is 3. The second-order valence-electron chi connectivity index (χ2n) is 5.43. The SMILES string of the molecule is Cc1ccccc1-c1nc(CN)c2c(n1)CCN(C)C2.Cl.Cl. The highest BCUT2D eigenvalue weighted by Gasteiger charge is 2.20. The van der Waals surface area contributed by atoms with Gasteiger partial charge < -0.3 is 10.6 Å². The lowest BCUT2D eigenvalue weighted by Gasteiger charge is -2.26. The predicted octanol–water partition coefficient (Wildman–Crippen LogP) is 2.74. The van der Waals surface area contributed by atoms with Crippen LogP contribution in [-0.4, -0.2) is 28.5 Å². The van der Waals surface area contributed by atoms with Crippen molar-refractivity contribution in [2.45, 2.75) is 26.4 Å². The number of benzene rings is 1. The summed E-state index contributed by atoms with van der Waals surface area (Å²) in [5.41, 5.74) is 11.6. The van der Waals surface area contributed by atoms with Crippen LogP contribution in [0.4, 0.5) is 0 Å². The standard InChI is InChI=1S/C16H20N4.2ClH/c1-11-5-3-4-6-12(11)16-18-14-7-8-20(2)10-13(14)15(9-17)19-16;;/h3-6H,7-10,17H2,1-2H3;2*1H. The van der Waals surface area contributed by atoms with Gasteiger partial charge in [0.1, 0.15) is 0 Å². The fourth-order valence-corrected chi connectivity index (χ4v) is 2.73. The molecular weight excluding hydrogens is 319 g/mol. The van der Waals surface area contributed by atoms with E-state index >= 15 is 0 Å². The molecule has 3 rings (SSSR count). The third-order valence-electron chi connectivity index (χ3n) is 3.92. The molecule has 6 heteroatoms. The summed E-state index contributed by atoms with van der Waals surface area (Å²) in [5.74, 6) is 0.812. The average molecular weight is 341 g/mol. The van der Waals surface area contributed by atoms with Gasteiger partial charge in [-0.1, -0.05) is 24.3 Å². The van der Waals surface area contributed by atoms with E-state index in [0.717, 1.165) is 42.3 Å². The Morgan fingerprint density at radius 2 is 1.91 bits per heavy atom. The zero-order valence-corrected chi connectivity index (χ0v) is 14.5. The maximum absolute atomic E-state index is 5.90. The largest absolute Gasteiger partial charge is 0.325 e. The van der Waals surface area contributed by atoms with Crippen molar-refractivity contribution in [3.8, 4) is 11.4 Å². The lowest BCUT2D eigenvalue weighted by molar-refractivity contribution is 0.307. The van der Waals surface area contributed by atoms with E-state index in [0.29, 0.717) is 6.54 Å². The zero-order chi connectivity index (χ0) is 14.1. The van der Waals surface area contributed by atoms with Crippen LogP contribution in [0.2, 0.25) is 0 Å². The number of halogens is 2. The molecule has 22 heavy (non-hydrogen) atoms. The third kappa shape index (κ3) is 3.58. The highest BCUT2D eigenvalue weighted by Crippen LogP contribution is 2.25. The number of nitrogens with two attached hydrogens (primary N) is 1. The van der Waals surface area contributed by atoms with Crippen LogP contribution in [0.15, 0.2) is 24.3 Å². The van der Waals surface area contributed by atoms with Crippen molar-refractivity contribution in [3.63, 3.8) is 0 Å². The summed E-state index contributed by atoms with van der Waals surface area (Å²) in [6.07, 6.45) is 0.972. The Morgan fingerprint density at radius 3 is 2.59 bits per heavy atom. The maximum Gasteiger partial charge on any atom is 0.159 e. The van der Waals surface area contributed by atoms with Crippen LogP contribution in [0.3, 0.4) is 0 Å². The molecule has 0 saturated heterocycles. The molecule has 0 atom stereocenters. The fraction of sp³-hybridized carbons (Fsp3) is 0.375. The maximum atomic E-state index is 5.90. The van der Waals surface area contributed by atoms with Crippen molar-refractivity contribution in [2.24, 2.45) is 5.73 Å². The van der Waals surface area contributed by atoms with Crippen LogP contribution in [0.25, 0.3) is 11.4 Å². The molecule has 0 spiro atoms. The summed E-state index contributed by atoms with van der Waals surface area (Å²) in [7, 11) is 2.12. The quantitative estimate of drug-likeness (QED) is 0.913. The van der Waals surface area contributed by atoms with Crippen LogP contribution < -0.4 is 5.73 Å². The van der Waals surface area contributed by atoms with Crippen LogP contribution >= 0.6 is 24.8 Å². The molecule has 0 saturated carbocycles. The van der Waals surface area contributed by atoms with Gasteiger partial charge in [-0.15, -0.1) is 24.8 Å². The van der Waals surface area contributed by atoms with Crippen molar-refractivity contribution in [1.82, 2.24) is 14.9 Å². The zero-order valence-electron chi connectivity index (χ0n) is 12.9. The van der Waals surface area contributed by atoms with E-state index in [1.807, 2.05) is 12.1 Å². The van der Waals surface area contributed by atoms with E-state index < -0.39 is 0 Å². The number of rotatable bonds is 2. The summed E-state index contributed by atoms with van der Waals surface area (Å²) in [5, 5.41) is 0. The molecule has 1 aliphatic heterocycles. The first-order valence-electron chi connectivity index (χ1n) is 7.02. The molecule has 2 N–H and O–H groups in total. The molecule has 2 heterocycles. The molecule has 0 amide bonds. The summed E-state index contributed by atoms with van der Waals surface area (Å²) in [4.78, 5) is 11.8. The van der Waals surface area contributed by atoms with Crippen molar-refractivity contribution < 1.29 is 0 Å². The lowest BCUT2D eigenvalue weighted by Crippen LogP contribution is -2.29. The Bertz CT molecular complexity index is 629. The molecule has 0 fully saturated rings. The Labute approximate surface area is 144 Å². The van der Waals surface area contributed by atoms with E-state index in [2.05, 4.69) is 31.0 Å². The van der Waals surface area contributed by atoms with Gasteiger partial charge in [-0.3, -0.25) is 0 Å². The molecule has 1 aliphatic rings. The molecule has 2 aromatic rings. The van der Waals surface area contributed by atoms with Gasteiger partial charge in [0.2, 0.25) is 0 Å². The van der Waals surface area contributed by atoms with Gasteiger partial charge in [0.25, 0.3) is 0 Å². The topological polar surface area (TPSA) is 55.0 Å². The molecular formula is C16H22Cl2N4. The Hall–Kier alpha value is -1.20. The van der Waals surface area contributed by atoms with Gasteiger partial charge in [0.15, 0.2) is 5.82 Å². The monoisotopic (exact) mass is 340 g/mol. The number of fused-ring (bicyclic) bond motifs is 1. The van der Waals surface area contributed by atoms with Crippen LogP contribution in [0, 0.1) is 6.92 Å². The Kier molecular flexibility index (Phi) is 6.75. The summed E-state index contributed by atoms with van der Waals surface area (Å²) in [6, 6.07) is 8.23. The van der Waals surface area contributed by atoms with Crippen molar-refractivity contribution in [3.05, 3.63) is 46.8 Å². The normalized spacial score (nSPS) is 13.8. The second-order valence-corrected chi connectivity index (χ2v) is 5.43. The van der Waals surface area contributed by atoms with Gasteiger partial charge >= 0.3 is 0 Å². The first-order chi connectivity index (χ1) is 9.69. The third-order valence-corrected chi connectivity index (χ3v) is 3.92. The van der Waals surface area contributed by atoms with Gasteiger partial charge in [-0.05, 0) is 19.5 Å². The number of hydrogen-bond donors (Lipinski definition) is 1. The van der Waals surface area contributed by atoms with Gasteiger partial charge in [0.05, 0.1) is 11.4 Å². The molecule has 4 nitrogen and oxygen atoms in total.